The molecule has 0 bridgehead atoms. The van der Waals surface area contributed by atoms with Crippen molar-refractivity contribution in [1.29, 1.82) is 0 Å². The molecule has 18 heavy (non-hydrogen) atoms. The molecular formula is C15H12Cl2Zr. The van der Waals surface area contributed by atoms with E-state index >= 15 is 0 Å². The molecule has 0 aliphatic heterocycles. The average molecular weight is 354 g/mol. The number of rotatable bonds is 1. The fourth-order valence-corrected chi connectivity index (χ4v) is 2.20. The van der Waals surface area contributed by atoms with Crippen molar-refractivity contribution in [1.82, 2.24) is 0 Å². The zero-order valence-corrected chi connectivity index (χ0v) is 13.7. The Labute approximate surface area is 126 Å². The quantitative estimate of drug-likeness (QED) is 0.658. The van der Waals surface area contributed by atoms with E-state index in [1.54, 1.807) is 0 Å². The van der Waals surface area contributed by atoms with Crippen LogP contribution in [0.5, 0.6) is 0 Å². The maximum atomic E-state index is 4.93. The van der Waals surface area contributed by atoms with Gasteiger partial charge in [0.05, 0.1) is 0 Å². The van der Waals surface area contributed by atoms with Gasteiger partial charge in [0.1, 0.15) is 0 Å². The van der Waals surface area contributed by atoms with E-state index < -0.39 is 20.8 Å². The third-order valence-electron chi connectivity index (χ3n) is 2.96. The number of hydrogen-bond donors (Lipinski definition) is 0. The summed E-state index contributed by atoms with van der Waals surface area (Å²) in [6, 6.07) is 19.2. The van der Waals surface area contributed by atoms with Crippen LogP contribution in [-0.2, 0) is 20.8 Å². The van der Waals surface area contributed by atoms with Crippen molar-refractivity contribution < 1.29 is 20.8 Å². The van der Waals surface area contributed by atoms with Gasteiger partial charge < -0.3 is 0 Å². The van der Waals surface area contributed by atoms with Gasteiger partial charge in [-0.25, -0.2) is 0 Å². The molecule has 0 fully saturated rings. The molecule has 0 heterocycles. The van der Waals surface area contributed by atoms with Crippen molar-refractivity contribution >= 4 is 23.1 Å². The fraction of sp³-hybridized carbons (Fsp3) is 0.0667. The molecule has 1 aliphatic rings. The Morgan fingerprint density at radius 1 is 0.833 bits per heavy atom. The molecule has 0 aromatic heterocycles. The van der Waals surface area contributed by atoms with Crippen LogP contribution < -0.4 is 0 Å². The van der Waals surface area contributed by atoms with Crippen LogP contribution in [0.15, 0.2) is 60.7 Å². The predicted octanol–water partition coefficient (Wildman–Crippen LogP) is 5.22. The summed E-state index contributed by atoms with van der Waals surface area (Å²) in [4.78, 5) is 0. The molecule has 0 saturated heterocycles. The molecule has 3 rings (SSSR count). The Hall–Kier alpha value is -0.357. The molecule has 2 aromatic carbocycles. The van der Waals surface area contributed by atoms with Crippen molar-refractivity contribution in [3.05, 3.63) is 77.4 Å². The molecule has 0 nitrogen and oxygen atoms in total. The molecule has 0 N–H and O–H groups in total. The maximum absolute atomic E-state index is 4.93. The van der Waals surface area contributed by atoms with Crippen LogP contribution in [0.1, 0.15) is 22.6 Å². The molecule has 1 aliphatic carbocycles. The van der Waals surface area contributed by atoms with E-state index in [2.05, 4.69) is 66.7 Å². The number of benzene rings is 2. The van der Waals surface area contributed by atoms with Crippen LogP contribution in [0.3, 0.4) is 0 Å². The Balaban J connectivity index is 0.000000367. The third kappa shape index (κ3) is 3.35. The van der Waals surface area contributed by atoms with Crippen molar-refractivity contribution in [3.63, 3.8) is 0 Å². The number of halogens is 2. The van der Waals surface area contributed by atoms with E-state index in [9.17, 15) is 0 Å². The van der Waals surface area contributed by atoms with Crippen LogP contribution >= 0.6 is 17.0 Å². The normalized spacial score (nSPS) is 15.6. The van der Waals surface area contributed by atoms with Gasteiger partial charge in [-0.15, -0.1) is 0 Å². The zero-order valence-electron chi connectivity index (χ0n) is 9.68. The van der Waals surface area contributed by atoms with Gasteiger partial charge in [-0.2, -0.15) is 0 Å². The van der Waals surface area contributed by atoms with Gasteiger partial charge in [-0.3, -0.25) is 0 Å². The second-order valence-electron chi connectivity index (χ2n) is 3.95. The summed E-state index contributed by atoms with van der Waals surface area (Å²) in [5.74, 6) is 0.447. The molecule has 0 saturated carbocycles. The van der Waals surface area contributed by atoms with Crippen molar-refractivity contribution in [2.75, 3.05) is 0 Å². The summed E-state index contributed by atoms with van der Waals surface area (Å²) in [6.45, 7) is 0. The first-order valence-electron chi connectivity index (χ1n) is 5.65. The van der Waals surface area contributed by atoms with Gasteiger partial charge in [0.25, 0.3) is 0 Å². The Bertz CT molecular complexity index is 523. The molecule has 1 atom stereocenters. The van der Waals surface area contributed by atoms with E-state index in [0.29, 0.717) is 5.92 Å². The van der Waals surface area contributed by atoms with Crippen molar-refractivity contribution in [3.8, 4) is 0 Å². The Kier molecular flexibility index (Phi) is 5.69. The standard InChI is InChI=1S/C15H12.2ClH.Zr/c1-2-6-12(7-3-1)15-11-10-13-8-4-5-9-14(13)15;;;/h1-11,15H;2*1H;/q;;;+2/p-2. The van der Waals surface area contributed by atoms with Gasteiger partial charge in [-0.05, 0) is 16.7 Å². The van der Waals surface area contributed by atoms with Crippen molar-refractivity contribution in [2.45, 2.75) is 5.92 Å². The second-order valence-corrected chi connectivity index (χ2v) is 7.68. The molecule has 1 unspecified atom stereocenters. The number of hydrogen-bond acceptors (Lipinski definition) is 0. The molecule has 0 radical (unpaired) electrons. The van der Waals surface area contributed by atoms with Gasteiger partial charge in [-0.1, -0.05) is 66.7 Å². The molecule has 2 aromatic rings. The topological polar surface area (TPSA) is 0 Å². The summed E-state index contributed by atoms with van der Waals surface area (Å²) in [7, 11) is 9.87. The minimum absolute atomic E-state index is 0.447. The van der Waals surface area contributed by atoms with Crippen LogP contribution in [0, 0.1) is 0 Å². The van der Waals surface area contributed by atoms with Crippen molar-refractivity contribution in [2.24, 2.45) is 0 Å². The number of allylic oxidation sites excluding steroid dienone is 1. The minimum atomic E-state index is -0.826. The third-order valence-corrected chi connectivity index (χ3v) is 2.96. The Morgan fingerprint density at radius 3 is 2.17 bits per heavy atom. The summed E-state index contributed by atoms with van der Waals surface area (Å²) in [6.07, 6.45) is 4.49. The molecule has 0 spiro atoms. The first kappa shape index (κ1) is 14.1. The molecule has 90 valence electrons. The molecule has 0 amide bonds. The van der Waals surface area contributed by atoms with Gasteiger partial charge in [0.2, 0.25) is 0 Å². The van der Waals surface area contributed by atoms with Crippen LogP contribution in [-0.4, -0.2) is 0 Å². The average Bonchev–Trinajstić information content (AvgIpc) is 2.84. The second kappa shape index (κ2) is 7.29. The fourth-order valence-electron chi connectivity index (χ4n) is 2.20. The summed E-state index contributed by atoms with van der Waals surface area (Å²) in [5.41, 5.74) is 4.15. The monoisotopic (exact) mass is 352 g/mol. The van der Waals surface area contributed by atoms with Gasteiger partial charge in [0, 0.05) is 5.92 Å². The summed E-state index contributed by atoms with van der Waals surface area (Å²) >= 11 is -0.826. The van der Waals surface area contributed by atoms with E-state index in [0.717, 1.165) is 0 Å². The van der Waals surface area contributed by atoms with E-state index in [-0.39, 0.29) is 0 Å². The van der Waals surface area contributed by atoms with E-state index in [4.69, 9.17) is 17.0 Å². The van der Waals surface area contributed by atoms with Crippen LogP contribution in [0.4, 0.5) is 0 Å². The number of fused-ring (bicyclic) bond motifs is 1. The first-order valence-corrected chi connectivity index (χ1v) is 12.0. The Morgan fingerprint density at radius 2 is 1.44 bits per heavy atom. The predicted molar refractivity (Wildman–Crippen MR) is 75.5 cm³/mol. The first-order chi connectivity index (χ1) is 8.86. The van der Waals surface area contributed by atoms with E-state index in [1.165, 1.54) is 16.7 Å². The SMILES string of the molecule is C1=CC(c2ccccc2)c2ccccc21.[Cl][Zr][Cl]. The van der Waals surface area contributed by atoms with E-state index in [1.807, 2.05) is 0 Å². The van der Waals surface area contributed by atoms with Crippen LogP contribution in [0.25, 0.3) is 6.08 Å². The molecular weight excluding hydrogens is 342 g/mol. The van der Waals surface area contributed by atoms with Gasteiger partial charge in [0.15, 0.2) is 0 Å². The summed E-state index contributed by atoms with van der Waals surface area (Å²) in [5, 5.41) is 0. The molecule has 3 heteroatoms. The zero-order chi connectivity index (χ0) is 12.8. The van der Waals surface area contributed by atoms with Gasteiger partial charge >= 0.3 is 37.9 Å². The van der Waals surface area contributed by atoms with Crippen LogP contribution in [0.2, 0.25) is 0 Å². The summed E-state index contributed by atoms with van der Waals surface area (Å²) < 4.78 is 0.